The lowest BCUT2D eigenvalue weighted by Crippen LogP contribution is -2.43. The highest BCUT2D eigenvalue weighted by molar-refractivity contribution is 5.81. The highest BCUT2D eigenvalue weighted by Crippen LogP contribution is 1.82. The van der Waals surface area contributed by atoms with Crippen LogP contribution in [0.25, 0.3) is 0 Å². The van der Waals surface area contributed by atoms with Crippen molar-refractivity contribution < 1.29 is 9.53 Å². The van der Waals surface area contributed by atoms with Crippen molar-refractivity contribution in [2.45, 2.75) is 33.2 Å². The third-order valence-corrected chi connectivity index (χ3v) is 1.84. The van der Waals surface area contributed by atoms with Crippen molar-refractivity contribution in [2.24, 2.45) is 0 Å². The van der Waals surface area contributed by atoms with Gasteiger partial charge in [-0.15, -0.1) is 0 Å². The van der Waals surface area contributed by atoms with Crippen LogP contribution >= 0.6 is 0 Å². The minimum absolute atomic E-state index is 0.0587. The zero-order chi connectivity index (χ0) is 10.8. The van der Waals surface area contributed by atoms with Gasteiger partial charge in [-0.2, -0.15) is 0 Å². The van der Waals surface area contributed by atoms with Gasteiger partial charge in [0.15, 0.2) is 0 Å². The Balaban J connectivity index is 3.42. The van der Waals surface area contributed by atoms with Crippen LogP contribution in [0.3, 0.4) is 0 Å². The van der Waals surface area contributed by atoms with E-state index < -0.39 is 0 Å². The number of carbonyl (C=O) groups is 1. The Morgan fingerprint density at radius 2 is 2.07 bits per heavy atom. The number of rotatable bonds is 8. The molecule has 4 heteroatoms. The number of ether oxygens (including phenoxy) is 1. The third kappa shape index (κ3) is 6.86. The molecule has 0 aliphatic carbocycles. The fourth-order valence-electron chi connectivity index (χ4n) is 0.986. The van der Waals surface area contributed by atoms with Gasteiger partial charge < -0.3 is 15.4 Å². The molecule has 1 atom stereocenters. The molecule has 0 bridgehead atoms. The number of amides is 1. The van der Waals surface area contributed by atoms with Crippen molar-refractivity contribution >= 4 is 5.91 Å². The molecule has 2 N–H and O–H groups in total. The minimum Gasteiger partial charge on any atom is -0.380 e. The molecule has 84 valence electrons. The number of hydrogen-bond acceptors (Lipinski definition) is 3. The maximum Gasteiger partial charge on any atom is 0.236 e. The van der Waals surface area contributed by atoms with Crippen LogP contribution < -0.4 is 10.6 Å². The van der Waals surface area contributed by atoms with Gasteiger partial charge in [0.2, 0.25) is 5.91 Å². The maximum atomic E-state index is 11.4. The zero-order valence-electron chi connectivity index (χ0n) is 9.43. The van der Waals surface area contributed by atoms with Crippen LogP contribution in [0, 0.1) is 0 Å². The van der Waals surface area contributed by atoms with E-state index in [1.807, 2.05) is 20.8 Å². The van der Waals surface area contributed by atoms with Crippen molar-refractivity contribution in [3.63, 3.8) is 0 Å². The molecule has 14 heavy (non-hydrogen) atoms. The van der Waals surface area contributed by atoms with Crippen molar-refractivity contribution in [1.29, 1.82) is 0 Å². The van der Waals surface area contributed by atoms with Gasteiger partial charge in [-0.05, 0) is 20.3 Å². The maximum absolute atomic E-state index is 11.4. The molecule has 0 aliphatic heterocycles. The Labute approximate surface area is 86.4 Å². The first-order valence-electron chi connectivity index (χ1n) is 5.31. The van der Waals surface area contributed by atoms with Crippen LogP contribution in [-0.4, -0.2) is 38.3 Å². The highest BCUT2D eigenvalue weighted by atomic mass is 16.5. The standard InChI is InChI=1S/C10H22N2O2/c1-4-6-12-10(13)9(3)11-7-8-14-5-2/h9,11H,4-8H2,1-3H3,(H,12,13). The van der Waals surface area contributed by atoms with Crippen LogP contribution in [-0.2, 0) is 9.53 Å². The molecular formula is C10H22N2O2. The summed E-state index contributed by atoms with van der Waals surface area (Å²) >= 11 is 0. The predicted octanol–water partition coefficient (Wildman–Crippen LogP) is 0.527. The van der Waals surface area contributed by atoms with Crippen molar-refractivity contribution in [1.82, 2.24) is 10.6 Å². The summed E-state index contributed by atoms with van der Waals surface area (Å²) in [5, 5.41) is 5.92. The second-order valence-corrected chi connectivity index (χ2v) is 3.16. The van der Waals surface area contributed by atoms with Crippen molar-refractivity contribution in [3.05, 3.63) is 0 Å². The summed E-state index contributed by atoms with van der Waals surface area (Å²) in [7, 11) is 0. The third-order valence-electron chi connectivity index (χ3n) is 1.84. The first-order chi connectivity index (χ1) is 6.72. The van der Waals surface area contributed by atoms with E-state index in [1.54, 1.807) is 0 Å². The molecule has 0 rings (SSSR count). The van der Waals surface area contributed by atoms with E-state index in [4.69, 9.17) is 4.74 Å². The lowest BCUT2D eigenvalue weighted by molar-refractivity contribution is -0.122. The molecule has 4 nitrogen and oxygen atoms in total. The van der Waals surface area contributed by atoms with Gasteiger partial charge in [-0.1, -0.05) is 6.92 Å². The second kappa shape index (κ2) is 8.97. The van der Waals surface area contributed by atoms with Crippen LogP contribution in [0.15, 0.2) is 0 Å². The average Bonchev–Trinajstić information content (AvgIpc) is 2.20. The van der Waals surface area contributed by atoms with Crippen molar-refractivity contribution in [2.75, 3.05) is 26.3 Å². The summed E-state index contributed by atoms with van der Waals surface area (Å²) in [6.45, 7) is 8.69. The predicted molar refractivity (Wildman–Crippen MR) is 57.3 cm³/mol. The van der Waals surface area contributed by atoms with E-state index in [0.29, 0.717) is 13.2 Å². The number of hydrogen-bond donors (Lipinski definition) is 2. The Bertz CT molecular complexity index is 151. The fourth-order valence-corrected chi connectivity index (χ4v) is 0.986. The normalized spacial score (nSPS) is 12.5. The molecule has 0 heterocycles. The van der Waals surface area contributed by atoms with Gasteiger partial charge in [0.05, 0.1) is 12.6 Å². The zero-order valence-corrected chi connectivity index (χ0v) is 9.43. The Morgan fingerprint density at radius 1 is 1.36 bits per heavy atom. The number of nitrogens with one attached hydrogen (secondary N) is 2. The lowest BCUT2D eigenvalue weighted by atomic mass is 10.3. The van der Waals surface area contributed by atoms with Gasteiger partial charge in [-0.3, -0.25) is 4.79 Å². The minimum atomic E-state index is -0.137. The molecule has 0 saturated carbocycles. The molecule has 0 aliphatic rings. The molecule has 0 spiro atoms. The van der Waals surface area contributed by atoms with Gasteiger partial charge >= 0.3 is 0 Å². The van der Waals surface area contributed by atoms with E-state index in [-0.39, 0.29) is 11.9 Å². The summed E-state index contributed by atoms with van der Waals surface area (Å²) < 4.78 is 5.15. The van der Waals surface area contributed by atoms with Gasteiger partial charge in [0.1, 0.15) is 0 Å². The van der Waals surface area contributed by atoms with E-state index in [9.17, 15) is 4.79 Å². The quantitative estimate of drug-likeness (QED) is 0.564. The van der Waals surface area contributed by atoms with Crippen LogP contribution in [0.1, 0.15) is 27.2 Å². The van der Waals surface area contributed by atoms with E-state index >= 15 is 0 Å². The average molecular weight is 202 g/mol. The molecule has 0 aromatic rings. The van der Waals surface area contributed by atoms with E-state index in [2.05, 4.69) is 10.6 Å². The summed E-state index contributed by atoms with van der Waals surface area (Å²) in [6.07, 6.45) is 0.970. The first kappa shape index (κ1) is 13.4. The summed E-state index contributed by atoms with van der Waals surface area (Å²) in [5.41, 5.74) is 0. The highest BCUT2D eigenvalue weighted by Gasteiger charge is 2.09. The SMILES string of the molecule is CCCNC(=O)C(C)NCCOCC. The van der Waals surface area contributed by atoms with Gasteiger partial charge in [-0.25, -0.2) is 0 Å². The molecule has 1 amide bonds. The van der Waals surface area contributed by atoms with Crippen LogP contribution in [0.2, 0.25) is 0 Å². The molecule has 1 unspecified atom stereocenters. The summed E-state index contributed by atoms with van der Waals surface area (Å²) in [6, 6.07) is -0.137. The molecule has 0 saturated heterocycles. The Morgan fingerprint density at radius 3 is 2.64 bits per heavy atom. The van der Waals surface area contributed by atoms with E-state index in [1.165, 1.54) is 0 Å². The Kier molecular flexibility index (Phi) is 8.57. The molecule has 0 aromatic carbocycles. The van der Waals surface area contributed by atoms with Gasteiger partial charge in [0, 0.05) is 19.7 Å². The molecule has 0 aromatic heterocycles. The lowest BCUT2D eigenvalue weighted by Gasteiger charge is -2.13. The number of carbonyl (C=O) groups excluding carboxylic acids is 1. The second-order valence-electron chi connectivity index (χ2n) is 3.16. The van der Waals surface area contributed by atoms with Crippen LogP contribution in [0.4, 0.5) is 0 Å². The summed E-state index contributed by atoms with van der Waals surface area (Å²) in [5.74, 6) is 0.0587. The molecule has 0 radical (unpaired) electrons. The molecular weight excluding hydrogens is 180 g/mol. The van der Waals surface area contributed by atoms with E-state index in [0.717, 1.165) is 19.6 Å². The van der Waals surface area contributed by atoms with Gasteiger partial charge in [0.25, 0.3) is 0 Å². The monoisotopic (exact) mass is 202 g/mol. The smallest absolute Gasteiger partial charge is 0.236 e. The fraction of sp³-hybridized carbons (Fsp3) is 0.900. The Hall–Kier alpha value is -0.610. The topological polar surface area (TPSA) is 50.4 Å². The van der Waals surface area contributed by atoms with Crippen molar-refractivity contribution in [3.8, 4) is 0 Å². The molecule has 0 fully saturated rings. The summed E-state index contributed by atoms with van der Waals surface area (Å²) in [4.78, 5) is 11.4. The largest absolute Gasteiger partial charge is 0.380 e. The first-order valence-corrected chi connectivity index (χ1v) is 5.31. The van der Waals surface area contributed by atoms with Crippen LogP contribution in [0.5, 0.6) is 0 Å².